The molecule has 1 heterocycles. The Morgan fingerprint density at radius 2 is 2.09 bits per heavy atom. The predicted octanol–water partition coefficient (Wildman–Crippen LogP) is 2.26. The number of rotatable bonds is 2. The maximum Gasteiger partial charge on any atom is 0.0831 e. The van der Waals surface area contributed by atoms with E-state index in [9.17, 15) is 0 Å². The van der Waals surface area contributed by atoms with Gasteiger partial charge in [-0.3, -0.25) is 0 Å². The van der Waals surface area contributed by atoms with Crippen molar-refractivity contribution in [3.63, 3.8) is 0 Å². The Kier molecular flexibility index (Phi) is 6.07. The summed E-state index contributed by atoms with van der Waals surface area (Å²) in [7, 11) is 0. The molecule has 0 radical (unpaired) electrons. The van der Waals surface area contributed by atoms with Gasteiger partial charge in [0.1, 0.15) is 0 Å². The Hall–Kier alpha value is -0.410. The average molecular weight is 173 g/mol. The Morgan fingerprint density at radius 3 is 2.36 bits per heavy atom. The van der Waals surface area contributed by atoms with Gasteiger partial charge < -0.3 is 10.1 Å². The molecule has 0 aliphatic carbocycles. The lowest BCUT2D eigenvalue weighted by atomic mass is 10.5. The number of aliphatic hydroxyl groups excluding tert-OH is 1. The van der Waals surface area contributed by atoms with E-state index in [1.165, 1.54) is 0 Å². The fraction of sp³-hybridized carbons (Fsp3) is 0.500. The molecule has 11 heavy (non-hydrogen) atoms. The molecule has 0 aliphatic rings. The topological polar surface area (TPSA) is 36.0 Å². The van der Waals surface area contributed by atoms with Crippen LogP contribution in [0, 0.1) is 0 Å². The molecule has 0 saturated carbocycles. The SMILES string of the molecule is CC.CSc1ccc(CO)[nH]1. The predicted molar refractivity (Wildman–Crippen MR) is 49.8 cm³/mol. The van der Waals surface area contributed by atoms with Gasteiger partial charge in [-0.15, -0.1) is 11.8 Å². The summed E-state index contributed by atoms with van der Waals surface area (Å²) >= 11 is 1.64. The van der Waals surface area contributed by atoms with Crippen LogP contribution >= 0.6 is 11.8 Å². The van der Waals surface area contributed by atoms with E-state index in [0.29, 0.717) is 0 Å². The molecule has 0 saturated heterocycles. The smallest absolute Gasteiger partial charge is 0.0831 e. The van der Waals surface area contributed by atoms with Crippen LogP contribution in [0.1, 0.15) is 19.5 Å². The highest BCUT2D eigenvalue weighted by atomic mass is 32.2. The van der Waals surface area contributed by atoms with Crippen molar-refractivity contribution in [2.45, 2.75) is 25.5 Å². The Bertz CT molecular complexity index is 167. The van der Waals surface area contributed by atoms with Crippen LogP contribution < -0.4 is 0 Å². The molecule has 0 aromatic carbocycles. The molecule has 0 unspecified atom stereocenters. The Morgan fingerprint density at radius 1 is 1.45 bits per heavy atom. The van der Waals surface area contributed by atoms with Crippen molar-refractivity contribution in [3.8, 4) is 0 Å². The number of thioether (sulfide) groups is 1. The maximum atomic E-state index is 8.61. The summed E-state index contributed by atoms with van der Waals surface area (Å²) in [6, 6.07) is 3.84. The van der Waals surface area contributed by atoms with Gasteiger partial charge in [0.05, 0.1) is 11.6 Å². The molecule has 0 fully saturated rings. The van der Waals surface area contributed by atoms with Crippen LogP contribution in [-0.4, -0.2) is 16.3 Å². The number of H-pyrrole nitrogens is 1. The summed E-state index contributed by atoms with van der Waals surface area (Å²) in [4.78, 5) is 3.03. The molecule has 0 spiro atoms. The van der Waals surface area contributed by atoms with E-state index in [1.54, 1.807) is 11.8 Å². The van der Waals surface area contributed by atoms with Crippen LogP contribution in [0.3, 0.4) is 0 Å². The molecule has 0 aliphatic heterocycles. The van der Waals surface area contributed by atoms with E-state index in [4.69, 9.17) is 5.11 Å². The van der Waals surface area contributed by atoms with Crippen LogP contribution in [0.4, 0.5) is 0 Å². The first kappa shape index (κ1) is 10.6. The lowest BCUT2D eigenvalue weighted by Crippen LogP contribution is -1.79. The van der Waals surface area contributed by atoms with Gasteiger partial charge in [-0.25, -0.2) is 0 Å². The van der Waals surface area contributed by atoms with Crippen molar-refractivity contribution in [2.24, 2.45) is 0 Å². The standard InChI is InChI=1S/C6H9NOS.C2H6/c1-9-6-3-2-5(4-8)7-6;1-2/h2-3,7-8H,4H2,1H3;1-2H3. The second kappa shape index (κ2) is 6.31. The molecule has 2 nitrogen and oxygen atoms in total. The van der Waals surface area contributed by atoms with E-state index in [0.717, 1.165) is 10.7 Å². The molecular formula is C8H15NOS. The highest BCUT2D eigenvalue weighted by Gasteiger charge is 1.92. The zero-order valence-corrected chi connectivity index (χ0v) is 8.03. The van der Waals surface area contributed by atoms with E-state index in [2.05, 4.69) is 4.98 Å². The van der Waals surface area contributed by atoms with Gasteiger partial charge in [0, 0.05) is 5.69 Å². The minimum atomic E-state index is 0.0978. The van der Waals surface area contributed by atoms with E-state index < -0.39 is 0 Å². The molecule has 0 bridgehead atoms. The summed E-state index contributed by atoms with van der Waals surface area (Å²) in [6.45, 7) is 4.10. The third-order valence-electron chi connectivity index (χ3n) is 1.11. The minimum Gasteiger partial charge on any atom is -0.390 e. The van der Waals surface area contributed by atoms with Crippen LogP contribution in [0.25, 0.3) is 0 Å². The van der Waals surface area contributed by atoms with Crippen LogP contribution in [0.2, 0.25) is 0 Å². The van der Waals surface area contributed by atoms with Crippen molar-refractivity contribution in [1.82, 2.24) is 4.98 Å². The zero-order chi connectivity index (χ0) is 8.69. The molecule has 3 heteroatoms. The number of hydrogen-bond acceptors (Lipinski definition) is 2. The van der Waals surface area contributed by atoms with Gasteiger partial charge in [0.15, 0.2) is 0 Å². The molecule has 1 aromatic heterocycles. The lowest BCUT2D eigenvalue weighted by molar-refractivity contribution is 0.277. The summed E-state index contributed by atoms with van der Waals surface area (Å²) in [5.41, 5.74) is 0.874. The van der Waals surface area contributed by atoms with Crippen molar-refractivity contribution >= 4 is 11.8 Å². The molecule has 1 rings (SSSR count). The highest BCUT2D eigenvalue weighted by molar-refractivity contribution is 7.98. The van der Waals surface area contributed by atoms with Gasteiger partial charge >= 0.3 is 0 Å². The fourth-order valence-corrected chi connectivity index (χ4v) is 1.07. The molecular weight excluding hydrogens is 158 g/mol. The van der Waals surface area contributed by atoms with Crippen molar-refractivity contribution < 1.29 is 5.11 Å². The molecule has 2 N–H and O–H groups in total. The van der Waals surface area contributed by atoms with E-state index in [1.807, 2.05) is 32.2 Å². The van der Waals surface area contributed by atoms with Gasteiger partial charge in [0.2, 0.25) is 0 Å². The number of aliphatic hydroxyl groups is 1. The van der Waals surface area contributed by atoms with E-state index in [-0.39, 0.29) is 6.61 Å². The second-order valence-electron chi connectivity index (χ2n) is 1.71. The number of aromatic amines is 1. The van der Waals surface area contributed by atoms with Crippen molar-refractivity contribution in [1.29, 1.82) is 0 Å². The lowest BCUT2D eigenvalue weighted by Gasteiger charge is -1.87. The van der Waals surface area contributed by atoms with Gasteiger partial charge in [0.25, 0.3) is 0 Å². The monoisotopic (exact) mass is 173 g/mol. The quantitative estimate of drug-likeness (QED) is 0.673. The largest absolute Gasteiger partial charge is 0.390 e. The van der Waals surface area contributed by atoms with Gasteiger partial charge in [-0.05, 0) is 18.4 Å². The van der Waals surface area contributed by atoms with Gasteiger partial charge in [-0.2, -0.15) is 0 Å². The molecule has 0 atom stereocenters. The first-order valence-corrected chi connectivity index (χ1v) is 4.92. The molecule has 0 amide bonds. The summed E-state index contributed by atoms with van der Waals surface area (Å²) in [5.74, 6) is 0. The van der Waals surface area contributed by atoms with Crippen LogP contribution in [0.15, 0.2) is 17.2 Å². The third kappa shape index (κ3) is 3.49. The summed E-state index contributed by atoms with van der Waals surface area (Å²) in [6.07, 6.45) is 1.99. The summed E-state index contributed by atoms with van der Waals surface area (Å²) < 4.78 is 0. The van der Waals surface area contributed by atoms with Crippen LogP contribution in [0.5, 0.6) is 0 Å². The van der Waals surface area contributed by atoms with Crippen molar-refractivity contribution in [2.75, 3.05) is 6.26 Å². The fourth-order valence-electron chi connectivity index (χ4n) is 0.629. The number of hydrogen-bond donors (Lipinski definition) is 2. The van der Waals surface area contributed by atoms with Crippen LogP contribution in [-0.2, 0) is 6.61 Å². The Balaban J connectivity index is 0.000000461. The normalized spacial score (nSPS) is 8.73. The third-order valence-corrected chi connectivity index (χ3v) is 1.79. The Labute approximate surface area is 72.0 Å². The number of nitrogens with one attached hydrogen (secondary N) is 1. The highest BCUT2D eigenvalue weighted by Crippen LogP contribution is 2.12. The van der Waals surface area contributed by atoms with E-state index >= 15 is 0 Å². The maximum absolute atomic E-state index is 8.61. The molecule has 64 valence electrons. The minimum absolute atomic E-state index is 0.0978. The zero-order valence-electron chi connectivity index (χ0n) is 7.22. The first-order chi connectivity index (χ1) is 5.36. The second-order valence-corrected chi connectivity index (χ2v) is 2.56. The van der Waals surface area contributed by atoms with Gasteiger partial charge in [-0.1, -0.05) is 13.8 Å². The first-order valence-electron chi connectivity index (χ1n) is 3.69. The van der Waals surface area contributed by atoms with Crippen molar-refractivity contribution in [3.05, 3.63) is 17.8 Å². The number of aromatic nitrogens is 1. The average Bonchev–Trinajstić information content (AvgIpc) is 2.55. The molecule has 1 aromatic rings. The summed E-state index contributed by atoms with van der Waals surface area (Å²) in [5, 5.41) is 9.70.